The third-order valence-electron chi connectivity index (χ3n) is 5.52. The van der Waals surface area contributed by atoms with Gasteiger partial charge in [0, 0.05) is 13.3 Å². The smallest absolute Gasteiger partial charge is 0.305 e. The number of hydrogen-bond donors (Lipinski definition) is 2. The van der Waals surface area contributed by atoms with E-state index in [0.717, 1.165) is 25.8 Å². The molecule has 0 aromatic heterocycles. The Morgan fingerprint density at radius 2 is 1.50 bits per heavy atom. The van der Waals surface area contributed by atoms with Crippen molar-refractivity contribution in [1.82, 2.24) is 10.2 Å². The number of amides is 1. The molecule has 0 aliphatic rings. The third kappa shape index (κ3) is 20.5. The molecule has 0 heterocycles. The van der Waals surface area contributed by atoms with Crippen molar-refractivity contribution >= 4 is 11.9 Å². The van der Waals surface area contributed by atoms with E-state index in [4.69, 9.17) is 4.74 Å². The van der Waals surface area contributed by atoms with Gasteiger partial charge in [-0.25, -0.2) is 0 Å². The zero-order valence-electron chi connectivity index (χ0n) is 21.2. The minimum atomic E-state index is -0.874. The van der Waals surface area contributed by atoms with E-state index in [9.17, 15) is 14.7 Å². The van der Waals surface area contributed by atoms with Crippen LogP contribution in [-0.2, 0) is 14.3 Å². The summed E-state index contributed by atoms with van der Waals surface area (Å²) in [6.45, 7) is 4.44. The second kappa shape index (κ2) is 21.4. The summed E-state index contributed by atoms with van der Waals surface area (Å²) in [5, 5.41) is 13.1. The maximum Gasteiger partial charge on any atom is 0.305 e. The van der Waals surface area contributed by atoms with E-state index in [1.807, 2.05) is 25.1 Å². The molecule has 6 nitrogen and oxygen atoms in total. The Morgan fingerprint density at radius 3 is 2.03 bits per heavy atom. The van der Waals surface area contributed by atoms with Crippen molar-refractivity contribution in [3.63, 3.8) is 0 Å². The van der Waals surface area contributed by atoms with Crippen LogP contribution < -0.4 is 5.32 Å². The Balaban J connectivity index is 3.96. The molecule has 32 heavy (non-hydrogen) atoms. The first-order valence-corrected chi connectivity index (χ1v) is 12.8. The summed E-state index contributed by atoms with van der Waals surface area (Å²) in [5.41, 5.74) is 0. The van der Waals surface area contributed by atoms with Crippen molar-refractivity contribution in [3.05, 3.63) is 12.2 Å². The number of hydrogen-bond acceptors (Lipinski definition) is 5. The van der Waals surface area contributed by atoms with Crippen molar-refractivity contribution in [2.75, 3.05) is 27.2 Å². The normalized spacial score (nSPS) is 13.4. The second-order valence-corrected chi connectivity index (χ2v) is 9.14. The van der Waals surface area contributed by atoms with Crippen molar-refractivity contribution in [3.8, 4) is 0 Å². The number of carbonyl (C=O) groups excluding carboxylic acids is 2. The molecule has 0 aliphatic heterocycles. The fourth-order valence-electron chi connectivity index (χ4n) is 3.58. The molecule has 0 aromatic carbocycles. The molecule has 0 unspecified atom stereocenters. The monoisotopic (exact) mass is 454 g/mol. The molecule has 2 atom stereocenters. The highest BCUT2D eigenvalue weighted by atomic mass is 16.5. The molecular formula is C26H50N2O4. The number of carbonyl (C=O) groups is 2. The Kier molecular flexibility index (Phi) is 20.5. The largest absolute Gasteiger partial charge is 0.463 e. The summed E-state index contributed by atoms with van der Waals surface area (Å²) in [5.74, 6) is -0.559. The predicted molar refractivity (Wildman–Crippen MR) is 133 cm³/mol. The van der Waals surface area contributed by atoms with E-state index in [1.54, 1.807) is 6.08 Å². The van der Waals surface area contributed by atoms with Gasteiger partial charge in [-0.2, -0.15) is 0 Å². The van der Waals surface area contributed by atoms with E-state index in [-0.39, 0.29) is 18.5 Å². The van der Waals surface area contributed by atoms with Gasteiger partial charge in [0.1, 0.15) is 6.61 Å². The number of nitrogens with one attached hydrogen (secondary N) is 1. The zero-order chi connectivity index (χ0) is 24.0. The molecule has 0 aliphatic carbocycles. The molecule has 0 saturated heterocycles. The number of esters is 1. The highest BCUT2D eigenvalue weighted by Crippen LogP contribution is 2.12. The molecule has 0 radical (unpaired) electrons. The fourth-order valence-corrected chi connectivity index (χ4v) is 3.58. The minimum absolute atomic E-state index is 0.0235. The topological polar surface area (TPSA) is 78.9 Å². The quantitative estimate of drug-likeness (QED) is 0.145. The molecule has 2 N–H and O–H groups in total. The van der Waals surface area contributed by atoms with Gasteiger partial charge < -0.3 is 20.1 Å². The van der Waals surface area contributed by atoms with Crippen LogP contribution >= 0.6 is 0 Å². The van der Waals surface area contributed by atoms with Crippen LogP contribution in [0.2, 0.25) is 0 Å². The minimum Gasteiger partial charge on any atom is -0.463 e. The van der Waals surface area contributed by atoms with E-state index < -0.39 is 12.1 Å². The molecule has 188 valence electrons. The molecule has 0 bridgehead atoms. The van der Waals surface area contributed by atoms with Crippen molar-refractivity contribution in [1.29, 1.82) is 0 Å². The van der Waals surface area contributed by atoms with Gasteiger partial charge in [-0.05, 0) is 39.9 Å². The average molecular weight is 455 g/mol. The summed E-state index contributed by atoms with van der Waals surface area (Å²) in [7, 11) is 3.91. The lowest BCUT2D eigenvalue weighted by atomic mass is 10.0. The van der Waals surface area contributed by atoms with Crippen LogP contribution in [0.1, 0.15) is 104 Å². The summed E-state index contributed by atoms with van der Waals surface area (Å²) in [4.78, 5) is 25.3. The Bertz CT molecular complexity index is 494. The molecule has 0 rings (SSSR count). The van der Waals surface area contributed by atoms with Gasteiger partial charge in [-0.15, -0.1) is 0 Å². The highest BCUT2D eigenvalue weighted by molar-refractivity contribution is 5.73. The number of ether oxygens (including phenoxy) is 1. The lowest BCUT2D eigenvalue weighted by Gasteiger charge is -2.21. The van der Waals surface area contributed by atoms with Crippen molar-refractivity contribution in [2.24, 2.45) is 0 Å². The summed E-state index contributed by atoms with van der Waals surface area (Å²) in [6.07, 6.45) is 19.2. The van der Waals surface area contributed by atoms with Crippen molar-refractivity contribution in [2.45, 2.75) is 116 Å². The first-order valence-electron chi connectivity index (χ1n) is 12.8. The van der Waals surface area contributed by atoms with E-state index in [2.05, 4.69) is 12.2 Å². The van der Waals surface area contributed by atoms with Gasteiger partial charge in [-0.1, -0.05) is 83.3 Å². The van der Waals surface area contributed by atoms with Gasteiger partial charge in [0.25, 0.3) is 0 Å². The van der Waals surface area contributed by atoms with Gasteiger partial charge in [0.15, 0.2) is 0 Å². The van der Waals surface area contributed by atoms with E-state index in [1.165, 1.54) is 71.1 Å². The Hall–Kier alpha value is -1.40. The van der Waals surface area contributed by atoms with Gasteiger partial charge in [-0.3, -0.25) is 9.59 Å². The Morgan fingerprint density at radius 1 is 0.938 bits per heavy atom. The van der Waals surface area contributed by atoms with E-state index >= 15 is 0 Å². The number of unbranched alkanes of at least 4 members (excludes halogenated alkanes) is 11. The number of aliphatic hydroxyl groups is 1. The lowest BCUT2D eigenvalue weighted by molar-refractivity contribution is -0.145. The number of allylic oxidation sites excluding steroid dienone is 1. The van der Waals surface area contributed by atoms with Gasteiger partial charge in [0.05, 0.1) is 12.1 Å². The van der Waals surface area contributed by atoms with Crippen LogP contribution in [0.3, 0.4) is 0 Å². The second-order valence-electron chi connectivity index (χ2n) is 9.14. The number of nitrogens with zero attached hydrogens (tertiary/aromatic N) is 1. The predicted octanol–water partition coefficient (Wildman–Crippen LogP) is 4.99. The molecule has 0 saturated carbocycles. The van der Waals surface area contributed by atoms with Gasteiger partial charge >= 0.3 is 5.97 Å². The summed E-state index contributed by atoms with van der Waals surface area (Å²) < 4.78 is 5.26. The van der Waals surface area contributed by atoms with Crippen LogP contribution in [0, 0.1) is 0 Å². The summed E-state index contributed by atoms with van der Waals surface area (Å²) >= 11 is 0. The Labute approximate surface area is 197 Å². The average Bonchev–Trinajstić information content (AvgIpc) is 2.73. The molecule has 0 aromatic rings. The van der Waals surface area contributed by atoms with E-state index in [0.29, 0.717) is 6.42 Å². The van der Waals surface area contributed by atoms with Gasteiger partial charge in [0.2, 0.25) is 5.91 Å². The molecule has 6 heteroatoms. The first-order chi connectivity index (χ1) is 15.4. The third-order valence-corrected chi connectivity index (χ3v) is 5.52. The fraction of sp³-hybridized carbons (Fsp3) is 0.846. The highest BCUT2D eigenvalue weighted by Gasteiger charge is 2.20. The van der Waals surface area contributed by atoms with Crippen LogP contribution in [0.25, 0.3) is 0 Å². The maximum absolute atomic E-state index is 11.9. The number of rotatable bonds is 21. The van der Waals surface area contributed by atoms with Crippen molar-refractivity contribution < 1.29 is 19.4 Å². The first kappa shape index (κ1) is 30.6. The van der Waals surface area contributed by atoms with Crippen LogP contribution in [0.5, 0.6) is 0 Å². The SMILES string of the molecule is CCCCCCCCCCCCC/C=C/[C@@H](O)[C@H](COC(=O)CCCN(C)C)NC(C)=O. The lowest BCUT2D eigenvalue weighted by Crippen LogP contribution is -2.45. The zero-order valence-corrected chi connectivity index (χ0v) is 21.2. The molecule has 1 amide bonds. The maximum atomic E-state index is 11.9. The number of aliphatic hydroxyl groups excluding tert-OH is 1. The molecule has 0 spiro atoms. The molecular weight excluding hydrogens is 404 g/mol. The summed E-state index contributed by atoms with van der Waals surface area (Å²) in [6, 6.07) is -0.626. The molecule has 0 fully saturated rings. The van der Waals surface area contributed by atoms with Crippen LogP contribution in [0.4, 0.5) is 0 Å². The van der Waals surface area contributed by atoms with Crippen LogP contribution in [0.15, 0.2) is 12.2 Å². The van der Waals surface area contributed by atoms with Crippen LogP contribution in [-0.4, -0.2) is 61.3 Å². The standard InChI is InChI=1S/C26H50N2O4/c1-5-6-7-8-9-10-11-12-13-14-15-16-17-19-25(30)24(27-23(2)29)22-32-26(31)20-18-21-28(3)4/h17,19,24-25,30H,5-16,18,20-22H2,1-4H3,(H,27,29)/b19-17+/t24-,25+/m0/s1.